The van der Waals surface area contributed by atoms with Crippen LogP contribution in [0.2, 0.25) is 0 Å². The number of carbonyl (C=O) groups excluding carboxylic acids is 1. The number of cyclic esters (lactones) is 1. The van der Waals surface area contributed by atoms with Crippen LogP contribution in [0.4, 0.5) is 0 Å². The molecule has 1 N–H and O–H groups in total. The quantitative estimate of drug-likeness (QED) is 0.563. The molecule has 0 amide bonds. The number of hydrogen-bond donors (Lipinski definition) is 1. The summed E-state index contributed by atoms with van der Waals surface area (Å²) in [5, 5.41) is 11.7. The van der Waals surface area contributed by atoms with Gasteiger partial charge in [0.25, 0.3) is 0 Å². The number of allylic oxidation sites excluding steroid dienone is 2. The van der Waals surface area contributed by atoms with Gasteiger partial charge in [0, 0.05) is 17.6 Å². The van der Waals surface area contributed by atoms with Gasteiger partial charge in [0.15, 0.2) is 11.5 Å². The topological polar surface area (TPSA) is 65.0 Å². The molecule has 0 spiro atoms. The highest BCUT2D eigenvalue weighted by Gasteiger charge is 2.50. The number of aliphatic hydroxyl groups is 1. The molecule has 160 valence electrons. The fourth-order valence-electron chi connectivity index (χ4n) is 4.18. The summed E-state index contributed by atoms with van der Waals surface area (Å²) in [6.45, 7) is 5.96. The minimum absolute atomic E-state index is 0.137. The van der Waals surface area contributed by atoms with Gasteiger partial charge in [-0.05, 0) is 41.8 Å². The summed E-state index contributed by atoms with van der Waals surface area (Å²) in [4.78, 5) is 13.1. The van der Waals surface area contributed by atoms with E-state index in [4.69, 9.17) is 14.2 Å². The van der Waals surface area contributed by atoms with Gasteiger partial charge in [-0.3, -0.25) is 0 Å². The van der Waals surface area contributed by atoms with Gasteiger partial charge >= 0.3 is 5.97 Å². The van der Waals surface area contributed by atoms with E-state index in [-0.39, 0.29) is 6.79 Å². The zero-order valence-corrected chi connectivity index (χ0v) is 17.6. The molecule has 2 atom stereocenters. The summed E-state index contributed by atoms with van der Waals surface area (Å²) in [6, 6.07) is 15.0. The molecule has 5 rings (SSSR count). The second-order valence-corrected chi connectivity index (χ2v) is 8.06. The van der Waals surface area contributed by atoms with Crippen LogP contribution in [0.3, 0.4) is 0 Å². The average Bonchev–Trinajstić information content (AvgIpc) is 3.36. The van der Waals surface area contributed by atoms with Crippen LogP contribution in [0.5, 0.6) is 11.5 Å². The molecule has 0 bridgehead atoms. The van der Waals surface area contributed by atoms with Crippen LogP contribution in [0, 0.1) is 5.92 Å². The lowest BCUT2D eigenvalue weighted by Gasteiger charge is -2.30. The van der Waals surface area contributed by atoms with Crippen LogP contribution in [-0.2, 0) is 16.0 Å². The Morgan fingerprint density at radius 3 is 2.69 bits per heavy atom. The summed E-state index contributed by atoms with van der Waals surface area (Å²) in [5.41, 5.74) is 7.28. The van der Waals surface area contributed by atoms with Crippen molar-refractivity contribution in [2.45, 2.75) is 19.1 Å². The number of ether oxygens (including phenoxy) is 3. The van der Waals surface area contributed by atoms with Gasteiger partial charge in [0.05, 0.1) is 11.5 Å². The standard InChI is InChI=1S/C27H22O5/c1-17(2)19-8-11-21(12-9-19)27(29)22(14-18-6-4-3-5-7-18)25(26(28)32-27)20-10-13-23-24(15-20)31-16-30-23/h3-8,10-13,15,21,29H,1,14,16H2,2H3. The normalized spacial score (nSPS) is 23.4. The maximum Gasteiger partial charge on any atom is 0.341 e. The van der Waals surface area contributed by atoms with Crippen molar-refractivity contribution in [3.8, 4) is 11.5 Å². The SMILES string of the molecule is C=C(C)C1=C=CC(C2(O)OC(=O)C(c3ccc4c(c3)OCO4)=C2Cc2ccccc2)C=C1. The van der Waals surface area contributed by atoms with Crippen molar-refractivity contribution in [2.75, 3.05) is 6.79 Å². The minimum atomic E-state index is -1.83. The van der Waals surface area contributed by atoms with E-state index in [9.17, 15) is 9.90 Å². The fraction of sp³-hybridized carbons (Fsp3) is 0.185. The molecule has 32 heavy (non-hydrogen) atoms. The second-order valence-electron chi connectivity index (χ2n) is 8.06. The number of benzene rings is 2. The Morgan fingerprint density at radius 1 is 1.19 bits per heavy atom. The molecular weight excluding hydrogens is 404 g/mol. The van der Waals surface area contributed by atoms with E-state index in [0.29, 0.717) is 34.6 Å². The van der Waals surface area contributed by atoms with Crippen molar-refractivity contribution in [1.82, 2.24) is 0 Å². The fourth-order valence-corrected chi connectivity index (χ4v) is 4.18. The van der Waals surface area contributed by atoms with Gasteiger partial charge < -0.3 is 19.3 Å². The highest BCUT2D eigenvalue weighted by atomic mass is 16.7. The zero-order chi connectivity index (χ0) is 22.3. The summed E-state index contributed by atoms with van der Waals surface area (Å²) in [6.07, 6.45) is 5.74. The predicted molar refractivity (Wildman–Crippen MR) is 120 cm³/mol. The molecule has 2 aromatic rings. The highest BCUT2D eigenvalue weighted by molar-refractivity contribution is 6.20. The molecule has 1 aliphatic carbocycles. The first-order valence-electron chi connectivity index (χ1n) is 10.4. The minimum Gasteiger partial charge on any atom is -0.454 e. The van der Waals surface area contributed by atoms with E-state index in [0.717, 1.165) is 16.7 Å². The third-order valence-corrected chi connectivity index (χ3v) is 5.87. The molecule has 0 saturated carbocycles. The Bertz CT molecular complexity index is 1240. The average molecular weight is 426 g/mol. The van der Waals surface area contributed by atoms with Crippen LogP contribution in [-0.4, -0.2) is 23.7 Å². The molecule has 2 unspecified atom stereocenters. The first-order valence-corrected chi connectivity index (χ1v) is 10.4. The number of fused-ring (bicyclic) bond motifs is 1. The molecule has 0 radical (unpaired) electrons. The molecule has 2 aliphatic heterocycles. The van der Waals surface area contributed by atoms with Crippen LogP contribution >= 0.6 is 0 Å². The zero-order valence-electron chi connectivity index (χ0n) is 17.6. The van der Waals surface area contributed by atoms with Gasteiger partial charge in [-0.25, -0.2) is 4.79 Å². The van der Waals surface area contributed by atoms with Gasteiger partial charge in [-0.15, -0.1) is 5.73 Å². The van der Waals surface area contributed by atoms with E-state index in [1.165, 1.54) is 0 Å². The van der Waals surface area contributed by atoms with Crippen molar-refractivity contribution < 1.29 is 24.1 Å². The first-order chi connectivity index (χ1) is 15.5. The maximum atomic E-state index is 13.1. The van der Waals surface area contributed by atoms with Gasteiger partial charge in [-0.1, -0.05) is 55.1 Å². The van der Waals surface area contributed by atoms with E-state index in [1.54, 1.807) is 24.3 Å². The lowest BCUT2D eigenvalue weighted by molar-refractivity contribution is -0.188. The van der Waals surface area contributed by atoms with Crippen LogP contribution < -0.4 is 9.47 Å². The lowest BCUT2D eigenvalue weighted by Crippen LogP contribution is -2.39. The lowest BCUT2D eigenvalue weighted by atomic mass is 9.83. The molecular formula is C27H22O5. The Kier molecular flexibility index (Phi) is 4.86. The van der Waals surface area contributed by atoms with Crippen molar-refractivity contribution in [1.29, 1.82) is 0 Å². The number of esters is 1. The van der Waals surface area contributed by atoms with Gasteiger partial charge in [-0.2, -0.15) is 0 Å². The summed E-state index contributed by atoms with van der Waals surface area (Å²) >= 11 is 0. The van der Waals surface area contributed by atoms with E-state index >= 15 is 0 Å². The smallest absolute Gasteiger partial charge is 0.341 e. The van der Waals surface area contributed by atoms with Crippen LogP contribution in [0.15, 0.2) is 95.8 Å². The number of rotatable bonds is 5. The first kappa shape index (κ1) is 20.1. The third-order valence-electron chi connectivity index (χ3n) is 5.87. The molecule has 0 fully saturated rings. The van der Waals surface area contributed by atoms with E-state index in [2.05, 4.69) is 12.3 Å². The van der Waals surface area contributed by atoms with Crippen molar-refractivity contribution in [3.63, 3.8) is 0 Å². The maximum absolute atomic E-state index is 13.1. The van der Waals surface area contributed by atoms with E-state index in [1.807, 2.05) is 49.4 Å². The Labute approximate surface area is 186 Å². The van der Waals surface area contributed by atoms with Crippen molar-refractivity contribution in [2.24, 2.45) is 5.92 Å². The predicted octanol–water partition coefficient (Wildman–Crippen LogP) is 4.50. The Hall–Kier alpha value is -3.79. The number of hydrogen-bond acceptors (Lipinski definition) is 5. The summed E-state index contributed by atoms with van der Waals surface area (Å²) in [7, 11) is 0. The molecule has 5 heteroatoms. The van der Waals surface area contributed by atoms with Gasteiger partial charge in [0.2, 0.25) is 12.6 Å². The summed E-state index contributed by atoms with van der Waals surface area (Å²) < 4.78 is 16.6. The molecule has 2 aromatic carbocycles. The Morgan fingerprint density at radius 2 is 1.97 bits per heavy atom. The summed E-state index contributed by atoms with van der Waals surface area (Å²) in [5.74, 6) is -1.81. The van der Waals surface area contributed by atoms with E-state index < -0.39 is 17.7 Å². The van der Waals surface area contributed by atoms with Crippen molar-refractivity contribution in [3.05, 3.63) is 107 Å². The second kappa shape index (κ2) is 7.72. The molecule has 2 heterocycles. The van der Waals surface area contributed by atoms with Crippen LogP contribution in [0.1, 0.15) is 18.1 Å². The van der Waals surface area contributed by atoms with Crippen molar-refractivity contribution >= 4 is 11.5 Å². The molecule has 0 saturated heterocycles. The molecule has 3 aliphatic rings. The van der Waals surface area contributed by atoms with Crippen LogP contribution in [0.25, 0.3) is 5.57 Å². The largest absolute Gasteiger partial charge is 0.454 e. The third kappa shape index (κ3) is 3.38. The monoisotopic (exact) mass is 426 g/mol. The molecule has 5 nitrogen and oxygen atoms in total. The van der Waals surface area contributed by atoms with Gasteiger partial charge in [0.1, 0.15) is 0 Å². The Balaban J connectivity index is 1.64. The number of carbonyl (C=O) groups is 1. The highest BCUT2D eigenvalue weighted by Crippen LogP contribution is 2.45. The molecule has 0 aromatic heterocycles.